The van der Waals surface area contributed by atoms with Crippen molar-refractivity contribution in [2.75, 3.05) is 5.73 Å². The summed E-state index contributed by atoms with van der Waals surface area (Å²) in [5, 5.41) is 0.737. The van der Waals surface area contributed by atoms with Gasteiger partial charge in [-0.15, -0.1) is 0 Å². The van der Waals surface area contributed by atoms with E-state index in [1.807, 2.05) is 0 Å². The van der Waals surface area contributed by atoms with Crippen LogP contribution < -0.4 is 5.73 Å². The van der Waals surface area contributed by atoms with Crippen LogP contribution in [0.15, 0.2) is 22.7 Å². The molecule has 0 bridgehead atoms. The highest BCUT2D eigenvalue weighted by atomic mass is 79.9. The summed E-state index contributed by atoms with van der Waals surface area (Å²) in [5.74, 6) is -0.412. The Labute approximate surface area is 93.0 Å². The molecule has 2 aromatic rings. The third kappa shape index (κ3) is 1.44. The van der Waals surface area contributed by atoms with Gasteiger partial charge in [-0.25, -0.2) is 9.37 Å². The predicted molar refractivity (Wildman–Crippen MR) is 58.8 cm³/mol. The molecular formula is C9H5BrClFN2. The van der Waals surface area contributed by atoms with Crippen molar-refractivity contribution in [2.24, 2.45) is 0 Å². The van der Waals surface area contributed by atoms with Gasteiger partial charge in [0.2, 0.25) is 0 Å². The topological polar surface area (TPSA) is 38.9 Å². The number of aromatic nitrogens is 1. The maximum atomic E-state index is 13.3. The van der Waals surface area contributed by atoms with Crippen molar-refractivity contribution in [3.05, 3.63) is 33.6 Å². The van der Waals surface area contributed by atoms with Crippen LogP contribution >= 0.6 is 27.5 Å². The molecule has 14 heavy (non-hydrogen) atoms. The second-order valence-corrected chi connectivity index (χ2v) is 4.01. The molecule has 1 aromatic heterocycles. The predicted octanol–water partition coefficient (Wildman–Crippen LogP) is 3.37. The summed E-state index contributed by atoms with van der Waals surface area (Å²) in [7, 11) is 0. The van der Waals surface area contributed by atoms with Gasteiger partial charge in [-0.1, -0.05) is 27.5 Å². The molecule has 2 N–H and O–H groups in total. The lowest BCUT2D eigenvalue weighted by atomic mass is 10.2. The molecule has 1 heterocycles. The zero-order valence-corrected chi connectivity index (χ0v) is 9.23. The molecule has 0 spiro atoms. The fraction of sp³-hybridized carbons (Fsp3) is 0. The third-order valence-corrected chi connectivity index (χ3v) is 2.86. The Bertz CT molecular complexity index is 469. The zero-order chi connectivity index (χ0) is 10.3. The summed E-state index contributed by atoms with van der Waals surface area (Å²) in [5.41, 5.74) is 6.13. The lowest BCUT2D eigenvalue weighted by Gasteiger charge is -2.04. The van der Waals surface area contributed by atoms with E-state index in [2.05, 4.69) is 20.9 Å². The van der Waals surface area contributed by atoms with Crippen LogP contribution in [0.4, 0.5) is 10.1 Å². The minimum absolute atomic E-state index is 0.120. The number of pyridine rings is 1. The van der Waals surface area contributed by atoms with E-state index in [-0.39, 0.29) is 10.7 Å². The van der Waals surface area contributed by atoms with Crippen LogP contribution in [0.1, 0.15) is 0 Å². The number of nitrogens with zero attached hydrogens (tertiary/aromatic N) is 1. The molecule has 1 aromatic carbocycles. The van der Waals surface area contributed by atoms with E-state index in [1.54, 1.807) is 12.1 Å². The van der Waals surface area contributed by atoms with Crippen molar-refractivity contribution in [3.8, 4) is 0 Å². The van der Waals surface area contributed by atoms with Gasteiger partial charge in [0.05, 0.1) is 5.69 Å². The molecule has 2 rings (SSSR count). The number of anilines is 1. The number of fused-ring (bicyclic) bond motifs is 1. The molecule has 0 fully saturated rings. The van der Waals surface area contributed by atoms with Gasteiger partial charge in [0.15, 0.2) is 5.15 Å². The summed E-state index contributed by atoms with van der Waals surface area (Å²) >= 11 is 8.98. The Morgan fingerprint density at radius 1 is 1.43 bits per heavy atom. The molecule has 0 aliphatic carbocycles. The smallest absolute Gasteiger partial charge is 0.152 e. The molecule has 0 unspecified atom stereocenters. The van der Waals surface area contributed by atoms with Gasteiger partial charge < -0.3 is 5.73 Å². The Morgan fingerprint density at radius 2 is 2.14 bits per heavy atom. The number of nitrogens with two attached hydrogens (primary N) is 1. The number of rotatable bonds is 0. The Hall–Kier alpha value is -0.870. The number of nitrogen functional groups attached to an aromatic ring is 1. The van der Waals surface area contributed by atoms with Gasteiger partial charge in [-0.3, -0.25) is 0 Å². The van der Waals surface area contributed by atoms with Crippen LogP contribution in [-0.2, 0) is 0 Å². The van der Waals surface area contributed by atoms with E-state index >= 15 is 0 Å². The normalized spacial score (nSPS) is 10.8. The van der Waals surface area contributed by atoms with Crippen LogP contribution in [0.5, 0.6) is 0 Å². The van der Waals surface area contributed by atoms with Crippen molar-refractivity contribution in [3.63, 3.8) is 0 Å². The van der Waals surface area contributed by atoms with Crippen LogP contribution in [-0.4, -0.2) is 4.98 Å². The largest absolute Gasteiger partial charge is 0.396 e. The lowest BCUT2D eigenvalue weighted by molar-refractivity contribution is 0.636. The van der Waals surface area contributed by atoms with E-state index in [0.717, 1.165) is 4.47 Å². The Morgan fingerprint density at radius 3 is 2.86 bits per heavy atom. The fourth-order valence-electron chi connectivity index (χ4n) is 1.19. The van der Waals surface area contributed by atoms with E-state index in [0.29, 0.717) is 11.1 Å². The Balaban J connectivity index is 2.94. The maximum absolute atomic E-state index is 13.3. The van der Waals surface area contributed by atoms with Gasteiger partial charge in [0.1, 0.15) is 11.3 Å². The zero-order valence-electron chi connectivity index (χ0n) is 6.89. The maximum Gasteiger partial charge on any atom is 0.152 e. The second-order valence-electron chi connectivity index (χ2n) is 2.79. The number of halogens is 3. The van der Waals surface area contributed by atoms with Gasteiger partial charge in [-0.05, 0) is 18.2 Å². The summed E-state index contributed by atoms with van der Waals surface area (Å²) < 4.78 is 14.0. The summed E-state index contributed by atoms with van der Waals surface area (Å²) in [6.45, 7) is 0. The van der Waals surface area contributed by atoms with Gasteiger partial charge in [0.25, 0.3) is 0 Å². The first-order valence-corrected chi connectivity index (χ1v) is 4.96. The minimum atomic E-state index is -0.412. The molecule has 0 aliphatic heterocycles. The summed E-state index contributed by atoms with van der Waals surface area (Å²) in [4.78, 5) is 3.87. The van der Waals surface area contributed by atoms with E-state index < -0.39 is 5.82 Å². The molecule has 0 saturated heterocycles. The van der Waals surface area contributed by atoms with Gasteiger partial charge in [0, 0.05) is 9.86 Å². The highest BCUT2D eigenvalue weighted by Crippen LogP contribution is 2.29. The first-order valence-electron chi connectivity index (χ1n) is 3.79. The molecule has 2 nitrogen and oxygen atoms in total. The highest BCUT2D eigenvalue weighted by molar-refractivity contribution is 9.10. The summed E-state index contributed by atoms with van der Waals surface area (Å²) in [6.07, 6.45) is 0. The molecule has 0 radical (unpaired) electrons. The van der Waals surface area contributed by atoms with Gasteiger partial charge >= 0.3 is 0 Å². The molecular weight excluding hydrogens is 270 g/mol. The van der Waals surface area contributed by atoms with Gasteiger partial charge in [-0.2, -0.15) is 0 Å². The molecule has 0 aliphatic rings. The minimum Gasteiger partial charge on any atom is -0.396 e. The standard InChI is InChI=1S/C9H5BrClFN2/c10-5-1-2-6(12)8-4(5)3-7(13)9(11)14-8/h1-3H,13H2. The number of hydrogen-bond donors (Lipinski definition) is 1. The first-order chi connectivity index (χ1) is 6.59. The second kappa shape index (κ2) is 3.37. The fourth-order valence-corrected chi connectivity index (χ4v) is 1.76. The van der Waals surface area contributed by atoms with E-state index in [1.165, 1.54) is 6.07 Å². The van der Waals surface area contributed by atoms with Crippen LogP contribution in [0.25, 0.3) is 10.9 Å². The quantitative estimate of drug-likeness (QED) is 0.749. The molecule has 0 amide bonds. The summed E-state index contributed by atoms with van der Waals surface area (Å²) in [6, 6.07) is 4.52. The average Bonchev–Trinajstić information content (AvgIpc) is 2.15. The monoisotopic (exact) mass is 274 g/mol. The molecule has 0 atom stereocenters. The third-order valence-electron chi connectivity index (χ3n) is 1.86. The number of benzene rings is 1. The average molecular weight is 276 g/mol. The number of hydrogen-bond acceptors (Lipinski definition) is 2. The highest BCUT2D eigenvalue weighted by Gasteiger charge is 2.08. The lowest BCUT2D eigenvalue weighted by Crippen LogP contribution is -1.92. The van der Waals surface area contributed by atoms with E-state index in [4.69, 9.17) is 17.3 Å². The molecule has 5 heteroatoms. The molecule has 0 saturated carbocycles. The van der Waals surface area contributed by atoms with Crippen molar-refractivity contribution in [1.29, 1.82) is 0 Å². The van der Waals surface area contributed by atoms with Crippen molar-refractivity contribution >= 4 is 44.1 Å². The molecule has 72 valence electrons. The van der Waals surface area contributed by atoms with Crippen molar-refractivity contribution < 1.29 is 4.39 Å². The Kier molecular flexibility index (Phi) is 2.33. The van der Waals surface area contributed by atoms with Crippen LogP contribution in [0.3, 0.4) is 0 Å². The van der Waals surface area contributed by atoms with Crippen molar-refractivity contribution in [1.82, 2.24) is 4.98 Å². The SMILES string of the molecule is Nc1cc2c(Br)ccc(F)c2nc1Cl. The van der Waals surface area contributed by atoms with E-state index in [9.17, 15) is 4.39 Å². The van der Waals surface area contributed by atoms with Crippen LogP contribution in [0, 0.1) is 5.82 Å². The van der Waals surface area contributed by atoms with Crippen molar-refractivity contribution in [2.45, 2.75) is 0 Å². The van der Waals surface area contributed by atoms with Crippen LogP contribution in [0.2, 0.25) is 5.15 Å². The first kappa shape index (κ1) is 9.68.